The van der Waals surface area contributed by atoms with Gasteiger partial charge in [0.2, 0.25) is 5.91 Å². The van der Waals surface area contributed by atoms with Gasteiger partial charge in [-0.15, -0.1) is 11.8 Å². The van der Waals surface area contributed by atoms with E-state index < -0.39 is 0 Å². The molecule has 1 N–H and O–H groups in total. The SMILES string of the molecule is Cc1nn(C)c(C)c1NC(=O)[C@H](C)Sc1ccccc1. The van der Waals surface area contributed by atoms with E-state index in [4.69, 9.17) is 0 Å². The molecule has 1 amide bonds. The van der Waals surface area contributed by atoms with E-state index in [1.165, 1.54) is 0 Å². The van der Waals surface area contributed by atoms with Gasteiger partial charge in [0.1, 0.15) is 0 Å². The van der Waals surface area contributed by atoms with E-state index in [-0.39, 0.29) is 11.2 Å². The molecule has 0 bridgehead atoms. The summed E-state index contributed by atoms with van der Waals surface area (Å²) in [5, 5.41) is 7.12. The molecule has 2 aromatic rings. The van der Waals surface area contributed by atoms with Gasteiger partial charge in [-0.3, -0.25) is 9.48 Å². The zero-order chi connectivity index (χ0) is 14.7. The number of anilines is 1. The molecule has 4 nitrogen and oxygen atoms in total. The zero-order valence-electron chi connectivity index (χ0n) is 12.2. The number of aryl methyl sites for hydroxylation is 2. The summed E-state index contributed by atoms with van der Waals surface area (Å²) in [5.74, 6) is -0.00180. The molecule has 0 radical (unpaired) electrons. The Bertz CT molecular complexity index is 607. The molecule has 0 aliphatic heterocycles. The number of amides is 1. The molecule has 0 aliphatic rings. The third-order valence-electron chi connectivity index (χ3n) is 3.18. The molecule has 0 spiro atoms. The first-order valence-electron chi connectivity index (χ1n) is 6.52. The Morgan fingerprint density at radius 1 is 1.30 bits per heavy atom. The van der Waals surface area contributed by atoms with Crippen LogP contribution in [0.4, 0.5) is 5.69 Å². The molecule has 0 fully saturated rings. The van der Waals surface area contributed by atoms with E-state index in [9.17, 15) is 4.79 Å². The predicted octanol–water partition coefficient (Wildman–Crippen LogP) is 3.16. The Morgan fingerprint density at radius 3 is 2.50 bits per heavy atom. The van der Waals surface area contributed by atoms with Crippen LogP contribution < -0.4 is 5.32 Å². The van der Waals surface area contributed by atoms with Gasteiger partial charge in [0.05, 0.1) is 22.3 Å². The zero-order valence-corrected chi connectivity index (χ0v) is 13.0. The van der Waals surface area contributed by atoms with Crippen molar-refractivity contribution < 1.29 is 4.79 Å². The average molecular weight is 289 g/mol. The van der Waals surface area contributed by atoms with Gasteiger partial charge in [-0.1, -0.05) is 18.2 Å². The highest BCUT2D eigenvalue weighted by molar-refractivity contribution is 8.00. The fourth-order valence-corrected chi connectivity index (χ4v) is 2.82. The maximum atomic E-state index is 12.3. The van der Waals surface area contributed by atoms with Gasteiger partial charge in [-0.25, -0.2) is 0 Å². The van der Waals surface area contributed by atoms with Crippen LogP contribution in [0.2, 0.25) is 0 Å². The summed E-state index contributed by atoms with van der Waals surface area (Å²) in [6.45, 7) is 5.76. The van der Waals surface area contributed by atoms with Crippen LogP contribution in [0.5, 0.6) is 0 Å². The number of nitrogens with zero attached hydrogens (tertiary/aromatic N) is 2. The number of carbonyl (C=O) groups excluding carboxylic acids is 1. The minimum absolute atomic E-state index is 0.00180. The lowest BCUT2D eigenvalue weighted by Gasteiger charge is -2.12. The molecule has 0 saturated carbocycles. The number of hydrogen-bond acceptors (Lipinski definition) is 3. The third kappa shape index (κ3) is 3.22. The van der Waals surface area contributed by atoms with Crippen LogP contribution in [-0.4, -0.2) is 20.9 Å². The van der Waals surface area contributed by atoms with E-state index in [0.717, 1.165) is 22.0 Å². The summed E-state index contributed by atoms with van der Waals surface area (Å²) < 4.78 is 1.78. The van der Waals surface area contributed by atoms with Crippen LogP contribution in [0.1, 0.15) is 18.3 Å². The van der Waals surface area contributed by atoms with Crippen molar-refractivity contribution in [3.05, 3.63) is 41.7 Å². The number of thioether (sulfide) groups is 1. The first kappa shape index (κ1) is 14.7. The summed E-state index contributed by atoms with van der Waals surface area (Å²) in [4.78, 5) is 13.4. The van der Waals surface area contributed by atoms with Gasteiger partial charge in [-0.2, -0.15) is 5.10 Å². The fourth-order valence-electron chi connectivity index (χ4n) is 1.94. The van der Waals surface area contributed by atoms with E-state index in [2.05, 4.69) is 10.4 Å². The number of carbonyl (C=O) groups is 1. The molecule has 5 heteroatoms. The Labute approximate surface area is 123 Å². The van der Waals surface area contributed by atoms with Crippen LogP contribution in [0.15, 0.2) is 35.2 Å². The molecular weight excluding hydrogens is 270 g/mol. The highest BCUT2D eigenvalue weighted by Gasteiger charge is 2.18. The lowest BCUT2D eigenvalue weighted by atomic mass is 10.3. The topological polar surface area (TPSA) is 46.9 Å². The molecule has 0 saturated heterocycles. The van der Waals surface area contributed by atoms with Crippen molar-refractivity contribution >= 4 is 23.4 Å². The van der Waals surface area contributed by atoms with Crippen LogP contribution in [0, 0.1) is 13.8 Å². The summed E-state index contributed by atoms with van der Waals surface area (Å²) in [6.07, 6.45) is 0. The summed E-state index contributed by atoms with van der Waals surface area (Å²) in [5.41, 5.74) is 2.63. The van der Waals surface area contributed by atoms with Crippen LogP contribution in [0.3, 0.4) is 0 Å². The number of rotatable bonds is 4. The second-order valence-corrected chi connectivity index (χ2v) is 6.15. The van der Waals surface area contributed by atoms with Crippen molar-refractivity contribution in [2.24, 2.45) is 7.05 Å². The Hall–Kier alpha value is -1.75. The van der Waals surface area contributed by atoms with Crippen molar-refractivity contribution in [3.63, 3.8) is 0 Å². The predicted molar refractivity (Wildman–Crippen MR) is 83.1 cm³/mol. The maximum Gasteiger partial charge on any atom is 0.237 e. The van der Waals surface area contributed by atoms with E-state index in [1.54, 1.807) is 16.4 Å². The van der Waals surface area contributed by atoms with E-state index >= 15 is 0 Å². The molecule has 0 aliphatic carbocycles. The average Bonchev–Trinajstić information content (AvgIpc) is 2.66. The summed E-state index contributed by atoms with van der Waals surface area (Å²) in [7, 11) is 1.88. The second-order valence-electron chi connectivity index (χ2n) is 4.73. The monoisotopic (exact) mass is 289 g/mol. The number of nitrogens with one attached hydrogen (secondary N) is 1. The van der Waals surface area contributed by atoms with Crippen molar-refractivity contribution in [1.82, 2.24) is 9.78 Å². The van der Waals surface area contributed by atoms with Gasteiger partial charge in [0.15, 0.2) is 0 Å². The smallest absolute Gasteiger partial charge is 0.237 e. The minimum atomic E-state index is -0.156. The Kier molecular flexibility index (Phi) is 4.49. The van der Waals surface area contributed by atoms with Crippen molar-refractivity contribution in [2.45, 2.75) is 30.9 Å². The normalized spacial score (nSPS) is 12.2. The standard InChI is InChI=1S/C15H19N3OS/c1-10-14(11(2)18(4)17-10)16-15(19)12(3)20-13-8-6-5-7-9-13/h5-9,12H,1-4H3,(H,16,19)/t12-/m0/s1. The van der Waals surface area contributed by atoms with Gasteiger partial charge in [0.25, 0.3) is 0 Å². The van der Waals surface area contributed by atoms with Crippen LogP contribution >= 0.6 is 11.8 Å². The molecule has 1 heterocycles. The van der Waals surface area contributed by atoms with Crippen molar-refractivity contribution in [2.75, 3.05) is 5.32 Å². The van der Waals surface area contributed by atoms with Crippen molar-refractivity contribution in [3.8, 4) is 0 Å². The Morgan fingerprint density at radius 2 is 1.95 bits per heavy atom. The summed E-state index contributed by atoms with van der Waals surface area (Å²) >= 11 is 1.55. The highest BCUT2D eigenvalue weighted by Crippen LogP contribution is 2.25. The summed E-state index contributed by atoms with van der Waals surface area (Å²) in [6, 6.07) is 9.94. The lowest BCUT2D eigenvalue weighted by molar-refractivity contribution is -0.115. The third-order valence-corrected chi connectivity index (χ3v) is 4.29. The molecule has 1 aromatic heterocycles. The largest absolute Gasteiger partial charge is 0.322 e. The first-order chi connectivity index (χ1) is 9.49. The van der Waals surface area contributed by atoms with E-state index in [1.807, 2.05) is 58.2 Å². The number of aromatic nitrogens is 2. The lowest BCUT2D eigenvalue weighted by Crippen LogP contribution is -2.23. The van der Waals surface area contributed by atoms with Gasteiger partial charge in [-0.05, 0) is 32.9 Å². The van der Waals surface area contributed by atoms with Crippen molar-refractivity contribution in [1.29, 1.82) is 0 Å². The van der Waals surface area contributed by atoms with Gasteiger partial charge >= 0.3 is 0 Å². The Balaban J connectivity index is 2.04. The maximum absolute atomic E-state index is 12.3. The fraction of sp³-hybridized carbons (Fsp3) is 0.333. The van der Waals surface area contributed by atoms with Crippen LogP contribution in [0.25, 0.3) is 0 Å². The van der Waals surface area contributed by atoms with Gasteiger partial charge < -0.3 is 5.32 Å². The van der Waals surface area contributed by atoms with Crippen LogP contribution in [-0.2, 0) is 11.8 Å². The molecule has 20 heavy (non-hydrogen) atoms. The molecule has 106 valence electrons. The second kappa shape index (κ2) is 6.13. The highest BCUT2D eigenvalue weighted by atomic mass is 32.2. The molecule has 2 rings (SSSR count). The molecule has 1 atom stereocenters. The first-order valence-corrected chi connectivity index (χ1v) is 7.39. The number of benzene rings is 1. The molecule has 1 aromatic carbocycles. The van der Waals surface area contributed by atoms with Gasteiger partial charge in [0, 0.05) is 11.9 Å². The molecule has 0 unspecified atom stereocenters. The quantitative estimate of drug-likeness (QED) is 0.880. The minimum Gasteiger partial charge on any atom is -0.322 e. The molecular formula is C15H19N3OS. The van der Waals surface area contributed by atoms with E-state index in [0.29, 0.717) is 0 Å². The number of hydrogen-bond donors (Lipinski definition) is 1.